The number of pyridine rings is 1. The molecule has 0 saturated heterocycles. The van der Waals surface area contributed by atoms with Crippen molar-refractivity contribution in [2.75, 3.05) is 18.9 Å². The first-order valence-corrected chi connectivity index (χ1v) is 6.84. The number of amides is 1. The SMILES string of the molecule is Nc1cc(C(=O)N(CCO)Cc2ccccc2)c(Cl)cn1. The summed E-state index contributed by atoms with van der Waals surface area (Å²) in [7, 11) is 0. The van der Waals surface area contributed by atoms with E-state index in [2.05, 4.69) is 4.98 Å². The van der Waals surface area contributed by atoms with Crippen LogP contribution in [-0.2, 0) is 6.54 Å². The lowest BCUT2D eigenvalue weighted by Crippen LogP contribution is -2.33. The van der Waals surface area contributed by atoms with Crippen molar-refractivity contribution < 1.29 is 9.90 Å². The number of aromatic nitrogens is 1. The van der Waals surface area contributed by atoms with Gasteiger partial charge in [-0.25, -0.2) is 4.98 Å². The molecule has 0 fully saturated rings. The molecule has 6 heteroatoms. The quantitative estimate of drug-likeness (QED) is 0.885. The summed E-state index contributed by atoms with van der Waals surface area (Å²) in [6.45, 7) is 0.474. The molecule has 0 aliphatic heterocycles. The smallest absolute Gasteiger partial charge is 0.255 e. The molecule has 0 aliphatic carbocycles. The topological polar surface area (TPSA) is 79.5 Å². The number of nitrogen functional groups attached to an aromatic ring is 1. The summed E-state index contributed by atoms with van der Waals surface area (Å²) in [5, 5.41) is 9.41. The fourth-order valence-electron chi connectivity index (χ4n) is 1.97. The van der Waals surface area contributed by atoms with Crippen LogP contribution in [0.2, 0.25) is 5.02 Å². The third kappa shape index (κ3) is 3.93. The first-order valence-electron chi connectivity index (χ1n) is 6.47. The van der Waals surface area contributed by atoms with E-state index in [4.69, 9.17) is 17.3 Å². The molecule has 0 atom stereocenters. The molecule has 1 aromatic carbocycles. The van der Waals surface area contributed by atoms with Gasteiger partial charge in [-0.3, -0.25) is 4.79 Å². The van der Waals surface area contributed by atoms with Gasteiger partial charge < -0.3 is 15.7 Å². The molecule has 2 rings (SSSR count). The van der Waals surface area contributed by atoms with E-state index in [1.165, 1.54) is 17.2 Å². The largest absolute Gasteiger partial charge is 0.395 e. The molecule has 2 aromatic rings. The molecule has 0 radical (unpaired) electrons. The summed E-state index contributed by atoms with van der Waals surface area (Å²) in [6.07, 6.45) is 1.35. The van der Waals surface area contributed by atoms with Crippen molar-refractivity contribution >= 4 is 23.3 Å². The van der Waals surface area contributed by atoms with E-state index in [1.54, 1.807) is 0 Å². The normalized spacial score (nSPS) is 10.4. The van der Waals surface area contributed by atoms with Gasteiger partial charge in [-0.2, -0.15) is 0 Å². The molecule has 0 spiro atoms. The molecule has 1 aromatic heterocycles. The number of halogens is 1. The Morgan fingerprint density at radius 2 is 2.05 bits per heavy atom. The highest BCUT2D eigenvalue weighted by Crippen LogP contribution is 2.19. The second kappa shape index (κ2) is 7.06. The average molecular weight is 306 g/mol. The number of nitrogens with zero attached hydrogens (tertiary/aromatic N) is 2. The van der Waals surface area contributed by atoms with Crippen LogP contribution in [0.5, 0.6) is 0 Å². The predicted molar refractivity (Wildman–Crippen MR) is 81.9 cm³/mol. The van der Waals surface area contributed by atoms with Crippen LogP contribution in [0.1, 0.15) is 15.9 Å². The van der Waals surface area contributed by atoms with Gasteiger partial charge in [-0.15, -0.1) is 0 Å². The van der Waals surface area contributed by atoms with Crippen molar-refractivity contribution in [2.45, 2.75) is 6.54 Å². The fourth-order valence-corrected chi connectivity index (χ4v) is 2.15. The summed E-state index contributed by atoms with van der Waals surface area (Å²) >= 11 is 6.01. The Kier molecular flexibility index (Phi) is 5.14. The number of carbonyl (C=O) groups excluding carboxylic acids is 1. The van der Waals surface area contributed by atoms with Crippen LogP contribution in [0.4, 0.5) is 5.82 Å². The lowest BCUT2D eigenvalue weighted by molar-refractivity contribution is 0.0708. The van der Waals surface area contributed by atoms with Crippen molar-refractivity contribution in [1.82, 2.24) is 9.88 Å². The van der Waals surface area contributed by atoms with Gasteiger partial charge in [-0.05, 0) is 11.6 Å². The molecule has 3 N–H and O–H groups in total. The first-order chi connectivity index (χ1) is 10.1. The van der Waals surface area contributed by atoms with Crippen LogP contribution < -0.4 is 5.73 Å². The third-order valence-corrected chi connectivity index (χ3v) is 3.28. The molecule has 21 heavy (non-hydrogen) atoms. The first kappa shape index (κ1) is 15.3. The van der Waals surface area contributed by atoms with Crippen LogP contribution in [0, 0.1) is 0 Å². The predicted octanol–water partition coefficient (Wildman–Crippen LogP) is 1.95. The van der Waals surface area contributed by atoms with E-state index in [0.29, 0.717) is 6.54 Å². The van der Waals surface area contributed by atoms with Gasteiger partial charge in [-0.1, -0.05) is 41.9 Å². The minimum Gasteiger partial charge on any atom is -0.395 e. The molecule has 1 heterocycles. The van der Waals surface area contributed by atoms with Crippen molar-refractivity contribution in [1.29, 1.82) is 0 Å². The molecule has 110 valence electrons. The highest BCUT2D eigenvalue weighted by atomic mass is 35.5. The van der Waals surface area contributed by atoms with Gasteiger partial charge in [0.2, 0.25) is 0 Å². The number of hydrogen-bond donors (Lipinski definition) is 2. The van der Waals surface area contributed by atoms with Crippen LogP contribution in [0.25, 0.3) is 0 Å². The summed E-state index contributed by atoms with van der Waals surface area (Å²) in [5.74, 6) is -0.0570. The Morgan fingerprint density at radius 1 is 1.33 bits per heavy atom. The monoisotopic (exact) mass is 305 g/mol. The summed E-state index contributed by atoms with van der Waals surface area (Å²) in [6, 6.07) is 11.0. The van der Waals surface area contributed by atoms with Gasteiger partial charge in [0.15, 0.2) is 0 Å². The standard InChI is InChI=1S/C15H16ClN3O2/c16-13-9-18-14(17)8-12(13)15(21)19(6-7-20)10-11-4-2-1-3-5-11/h1-5,8-9,20H,6-7,10H2,(H2,17,18). The zero-order valence-corrected chi connectivity index (χ0v) is 12.1. The second-order valence-corrected chi connectivity index (χ2v) is 4.93. The molecular formula is C15H16ClN3O2. The van der Waals surface area contributed by atoms with Crippen LogP contribution in [0.3, 0.4) is 0 Å². The van der Waals surface area contributed by atoms with Gasteiger partial charge in [0, 0.05) is 19.3 Å². The number of aliphatic hydroxyl groups excluding tert-OH is 1. The fraction of sp³-hybridized carbons (Fsp3) is 0.200. The maximum Gasteiger partial charge on any atom is 0.255 e. The van der Waals surface area contributed by atoms with E-state index in [-0.39, 0.29) is 35.5 Å². The number of aliphatic hydroxyl groups is 1. The maximum atomic E-state index is 12.6. The van der Waals surface area contributed by atoms with Gasteiger partial charge in [0.25, 0.3) is 5.91 Å². The average Bonchev–Trinajstić information content (AvgIpc) is 2.49. The number of carbonyl (C=O) groups is 1. The summed E-state index contributed by atoms with van der Waals surface area (Å²) in [4.78, 5) is 17.9. The minimum atomic E-state index is -0.285. The van der Waals surface area contributed by atoms with Crippen LogP contribution in [0.15, 0.2) is 42.6 Å². The Hall–Kier alpha value is -2.11. The van der Waals surface area contributed by atoms with Crippen LogP contribution in [-0.4, -0.2) is 34.0 Å². The number of hydrogen-bond acceptors (Lipinski definition) is 4. The minimum absolute atomic E-state index is 0.128. The number of anilines is 1. The van der Waals surface area contributed by atoms with E-state index >= 15 is 0 Å². The third-order valence-electron chi connectivity index (χ3n) is 2.98. The molecule has 0 aliphatic rings. The van der Waals surface area contributed by atoms with E-state index in [0.717, 1.165) is 5.56 Å². The Balaban J connectivity index is 2.25. The second-order valence-electron chi connectivity index (χ2n) is 4.52. The highest BCUT2D eigenvalue weighted by Gasteiger charge is 2.19. The summed E-state index contributed by atoms with van der Waals surface area (Å²) < 4.78 is 0. The van der Waals surface area contributed by atoms with Crippen molar-refractivity contribution in [2.24, 2.45) is 0 Å². The number of benzene rings is 1. The summed E-state index contributed by atoms with van der Waals surface area (Å²) in [5.41, 5.74) is 6.86. The Bertz CT molecular complexity index is 620. The molecule has 5 nitrogen and oxygen atoms in total. The Morgan fingerprint density at radius 3 is 2.71 bits per heavy atom. The van der Waals surface area contributed by atoms with Gasteiger partial charge in [0.05, 0.1) is 17.2 Å². The molecule has 0 unspecified atom stereocenters. The van der Waals surface area contributed by atoms with E-state index in [9.17, 15) is 9.90 Å². The lowest BCUT2D eigenvalue weighted by atomic mass is 10.1. The zero-order chi connectivity index (χ0) is 15.2. The van der Waals surface area contributed by atoms with Crippen molar-refractivity contribution in [3.8, 4) is 0 Å². The zero-order valence-electron chi connectivity index (χ0n) is 11.4. The van der Waals surface area contributed by atoms with Crippen molar-refractivity contribution in [3.05, 3.63) is 58.7 Å². The molecule has 0 bridgehead atoms. The molecule has 1 amide bonds. The molecular weight excluding hydrogens is 290 g/mol. The van der Waals surface area contributed by atoms with E-state index in [1.807, 2.05) is 30.3 Å². The lowest BCUT2D eigenvalue weighted by Gasteiger charge is -2.22. The van der Waals surface area contributed by atoms with Gasteiger partial charge in [0.1, 0.15) is 5.82 Å². The van der Waals surface area contributed by atoms with Crippen LogP contribution >= 0.6 is 11.6 Å². The number of nitrogens with two attached hydrogens (primary N) is 1. The van der Waals surface area contributed by atoms with Crippen molar-refractivity contribution in [3.63, 3.8) is 0 Å². The molecule has 0 saturated carbocycles. The Labute approximate surface area is 128 Å². The highest BCUT2D eigenvalue weighted by molar-refractivity contribution is 6.33. The van der Waals surface area contributed by atoms with E-state index < -0.39 is 0 Å². The maximum absolute atomic E-state index is 12.6. The van der Waals surface area contributed by atoms with Gasteiger partial charge >= 0.3 is 0 Å². The number of rotatable bonds is 5.